The Bertz CT molecular complexity index is 474. The lowest BCUT2D eigenvalue weighted by Gasteiger charge is -2.08. The third-order valence-corrected chi connectivity index (χ3v) is 3.04. The van der Waals surface area contributed by atoms with Gasteiger partial charge in [-0.15, -0.1) is 0 Å². The lowest BCUT2D eigenvalue weighted by atomic mass is 10.1. The molecule has 1 aromatic heterocycles. The Morgan fingerprint density at radius 2 is 1.94 bits per heavy atom. The van der Waals surface area contributed by atoms with E-state index >= 15 is 0 Å². The number of imidazole rings is 1. The minimum atomic E-state index is 0.813. The molecule has 3 heteroatoms. The summed E-state index contributed by atoms with van der Waals surface area (Å²) >= 11 is 0. The number of aromatic nitrogens is 2. The number of hydrogen-bond donors (Lipinski definition) is 2. The molecule has 0 saturated heterocycles. The van der Waals surface area contributed by atoms with Crippen molar-refractivity contribution in [3.63, 3.8) is 0 Å². The highest BCUT2D eigenvalue weighted by Crippen LogP contribution is 2.09. The van der Waals surface area contributed by atoms with Crippen molar-refractivity contribution < 1.29 is 0 Å². The highest BCUT2D eigenvalue weighted by Gasteiger charge is 2.02. The molecule has 0 bridgehead atoms. The smallest absolute Gasteiger partial charge is 0.0925 e. The summed E-state index contributed by atoms with van der Waals surface area (Å²) in [5, 5.41) is 3.44. The van der Waals surface area contributed by atoms with Crippen molar-refractivity contribution in [3.05, 3.63) is 53.1 Å². The summed E-state index contributed by atoms with van der Waals surface area (Å²) in [7, 11) is 0. The number of aromatic amines is 1. The average Bonchev–Trinajstić information content (AvgIpc) is 2.76. The van der Waals surface area contributed by atoms with Crippen LogP contribution in [0.2, 0.25) is 0 Å². The molecule has 3 nitrogen and oxygen atoms in total. The first-order valence-electron chi connectivity index (χ1n) is 6.07. The lowest BCUT2D eigenvalue weighted by Crippen LogP contribution is -2.14. The fraction of sp³-hybridized carbons (Fsp3) is 0.357. The zero-order valence-electron chi connectivity index (χ0n) is 10.5. The van der Waals surface area contributed by atoms with Gasteiger partial charge >= 0.3 is 0 Å². The standard InChI is InChI=1S/C14H19N3/c1-3-12-6-4-5-7-13(12)8-15-9-14-11(2)16-10-17-14/h4-7,10,15H,3,8-9H2,1-2H3,(H,16,17). The predicted molar refractivity (Wildman–Crippen MR) is 69.7 cm³/mol. The molecule has 0 saturated carbocycles. The van der Waals surface area contributed by atoms with Gasteiger partial charge in [-0.3, -0.25) is 0 Å². The fourth-order valence-corrected chi connectivity index (χ4v) is 1.96. The van der Waals surface area contributed by atoms with Crippen LogP contribution in [0.5, 0.6) is 0 Å². The second-order valence-corrected chi connectivity index (χ2v) is 4.20. The molecule has 0 unspecified atom stereocenters. The molecule has 90 valence electrons. The Morgan fingerprint density at radius 3 is 2.59 bits per heavy atom. The molecule has 0 aliphatic rings. The van der Waals surface area contributed by atoms with E-state index in [4.69, 9.17) is 0 Å². The Kier molecular flexibility index (Phi) is 3.94. The first-order chi connectivity index (χ1) is 8.31. The van der Waals surface area contributed by atoms with Crippen molar-refractivity contribution in [2.75, 3.05) is 0 Å². The number of rotatable bonds is 5. The van der Waals surface area contributed by atoms with Gasteiger partial charge in [0.15, 0.2) is 0 Å². The van der Waals surface area contributed by atoms with Gasteiger partial charge in [-0.2, -0.15) is 0 Å². The normalized spacial score (nSPS) is 10.7. The monoisotopic (exact) mass is 229 g/mol. The van der Waals surface area contributed by atoms with Crippen LogP contribution in [0.3, 0.4) is 0 Å². The maximum Gasteiger partial charge on any atom is 0.0925 e. The quantitative estimate of drug-likeness (QED) is 0.827. The Hall–Kier alpha value is -1.61. The van der Waals surface area contributed by atoms with Gasteiger partial charge in [0.25, 0.3) is 0 Å². The predicted octanol–water partition coefficient (Wildman–Crippen LogP) is 2.57. The van der Waals surface area contributed by atoms with Gasteiger partial charge in [-0.05, 0) is 24.5 Å². The summed E-state index contributed by atoms with van der Waals surface area (Å²) in [4.78, 5) is 7.36. The molecule has 0 atom stereocenters. The van der Waals surface area contributed by atoms with Crippen LogP contribution in [0.1, 0.15) is 29.4 Å². The van der Waals surface area contributed by atoms with E-state index in [9.17, 15) is 0 Å². The lowest BCUT2D eigenvalue weighted by molar-refractivity contribution is 0.675. The van der Waals surface area contributed by atoms with Crippen LogP contribution in [0, 0.1) is 6.92 Å². The van der Waals surface area contributed by atoms with Crippen LogP contribution in [0.15, 0.2) is 30.6 Å². The van der Waals surface area contributed by atoms with E-state index in [-0.39, 0.29) is 0 Å². The minimum absolute atomic E-state index is 0.813. The van der Waals surface area contributed by atoms with Crippen molar-refractivity contribution in [1.82, 2.24) is 15.3 Å². The summed E-state index contributed by atoms with van der Waals surface area (Å²) in [6.45, 7) is 5.95. The van der Waals surface area contributed by atoms with Crippen molar-refractivity contribution in [2.24, 2.45) is 0 Å². The average molecular weight is 229 g/mol. The molecule has 0 aliphatic heterocycles. The van der Waals surface area contributed by atoms with E-state index in [0.29, 0.717) is 0 Å². The van der Waals surface area contributed by atoms with E-state index in [1.54, 1.807) is 6.33 Å². The molecule has 0 fully saturated rings. The number of hydrogen-bond acceptors (Lipinski definition) is 2. The Balaban J connectivity index is 1.92. The summed E-state index contributed by atoms with van der Waals surface area (Å²) in [5.41, 5.74) is 5.03. The van der Waals surface area contributed by atoms with E-state index < -0.39 is 0 Å². The second-order valence-electron chi connectivity index (χ2n) is 4.20. The van der Waals surface area contributed by atoms with E-state index in [1.807, 2.05) is 6.92 Å². The van der Waals surface area contributed by atoms with Crippen LogP contribution < -0.4 is 5.32 Å². The van der Waals surface area contributed by atoms with Crippen molar-refractivity contribution >= 4 is 0 Å². The third kappa shape index (κ3) is 2.94. The number of aryl methyl sites for hydroxylation is 2. The molecule has 2 N–H and O–H groups in total. The van der Waals surface area contributed by atoms with Crippen molar-refractivity contribution in [1.29, 1.82) is 0 Å². The molecule has 0 radical (unpaired) electrons. The molecule has 1 aromatic carbocycles. The Morgan fingerprint density at radius 1 is 1.18 bits per heavy atom. The highest BCUT2D eigenvalue weighted by molar-refractivity contribution is 5.26. The first-order valence-corrected chi connectivity index (χ1v) is 6.07. The van der Waals surface area contributed by atoms with E-state index in [2.05, 4.69) is 46.5 Å². The number of nitrogens with zero attached hydrogens (tertiary/aromatic N) is 1. The molecular formula is C14H19N3. The van der Waals surface area contributed by atoms with Gasteiger partial charge < -0.3 is 10.3 Å². The molecular weight excluding hydrogens is 210 g/mol. The SMILES string of the molecule is CCc1ccccc1CNCc1nc[nH]c1C. The number of H-pyrrole nitrogens is 1. The third-order valence-electron chi connectivity index (χ3n) is 3.04. The van der Waals surface area contributed by atoms with Gasteiger partial charge in [0.2, 0.25) is 0 Å². The van der Waals surface area contributed by atoms with E-state index in [1.165, 1.54) is 11.1 Å². The molecule has 1 heterocycles. The molecule has 17 heavy (non-hydrogen) atoms. The fourth-order valence-electron chi connectivity index (χ4n) is 1.96. The highest BCUT2D eigenvalue weighted by atomic mass is 14.9. The maximum absolute atomic E-state index is 4.27. The summed E-state index contributed by atoms with van der Waals surface area (Å²) in [6, 6.07) is 8.57. The largest absolute Gasteiger partial charge is 0.348 e. The topological polar surface area (TPSA) is 40.7 Å². The molecule has 2 aromatic rings. The first kappa shape index (κ1) is 11.9. The van der Waals surface area contributed by atoms with E-state index in [0.717, 1.165) is 30.9 Å². The number of benzene rings is 1. The summed E-state index contributed by atoms with van der Waals surface area (Å²) < 4.78 is 0. The zero-order valence-corrected chi connectivity index (χ0v) is 10.5. The van der Waals surface area contributed by atoms with Gasteiger partial charge in [0, 0.05) is 18.8 Å². The van der Waals surface area contributed by atoms with Gasteiger partial charge in [-0.1, -0.05) is 31.2 Å². The summed E-state index contributed by atoms with van der Waals surface area (Å²) in [6.07, 6.45) is 2.83. The number of nitrogens with one attached hydrogen (secondary N) is 2. The van der Waals surface area contributed by atoms with Crippen LogP contribution in [-0.4, -0.2) is 9.97 Å². The summed E-state index contributed by atoms with van der Waals surface area (Å²) in [5.74, 6) is 0. The molecule has 2 rings (SSSR count). The second kappa shape index (κ2) is 5.64. The van der Waals surface area contributed by atoms with Crippen molar-refractivity contribution in [3.8, 4) is 0 Å². The molecule has 0 aliphatic carbocycles. The van der Waals surface area contributed by atoms with Crippen LogP contribution in [-0.2, 0) is 19.5 Å². The molecule has 0 amide bonds. The minimum Gasteiger partial charge on any atom is -0.348 e. The molecule has 0 spiro atoms. The van der Waals surface area contributed by atoms with Crippen molar-refractivity contribution in [2.45, 2.75) is 33.4 Å². The van der Waals surface area contributed by atoms with Gasteiger partial charge in [0.1, 0.15) is 0 Å². The van der Waals surface area contributed by atoms with Gasteiger partial charge in [-0.25, -0.2) is 4.98 Å². The van der Waals surface area contributed by atoms with Crippen LogP contribution in [0.4, 0.5) is 0 Å². The Labute approximate surface area is 102 Å². The maximum atomic E-state index is 4.27. The zero-order chi connectivity index (χ0) is 12.1. The van der Waals surface area contributed by atoms with Crippen LogP contribution in [0.25, 0.3) is 0 Å². The van der Waals surface area contributed by atoms with Crippen LogP contribution >= 0.6 is 0 Å². The van der Waals surface area contributed by atoms with Gasteiger partial charge in [0.05, 0.1) is 12.0 Å².